The van der Waals surface area contributed by atoms with E-state index >= 15 is 0 Å². The van der Waals surface area contributed by atoms with Crippen LogP contribution in [0.4, 0.5) is 0 Å². The van der Waals surface area contributed by atoms with Gasteiger partial charge < -0.3 is 10.8 Å². The Kier molecular flexibility index (Phi) is 1.63. The monoisotopic (exact) mass is 178 g/mol. The first-order chi connectivity index (χ1) is 6.14. The number of carbonyl (C=O) groups is 1. The van der Waals surface area contributed by atoms with E-state index in [0.29, 0.717) is 6.42 Å². The molecule has 0 bridgehead atoms. The molecular formula is C10H12NO2+. The summed E-state index contributed by atoms with van der Waals surface area (Å²) in [4.78, 5) is 10.8. The van der Waals surface area contributed by atoms with E-state index in [2.05, 4.69) is 5.73 Å². The molecule has 3 heteroatoms. The van der Waals surface area contributed by atoms with Crippen molar-refractivity contribution in [2.24, 2.45) is 0 Å². The summed E-state index contributed by atoms with van der Waals surface area (Å²) in [5.41, 5.74) is 4.06. The van der Waals surface area contributed by atoms with Gasteiger partial charge in [-0.2, -0.15) is 0 Å². The van der Waals surface area contributed by atoms with Gasteiger partial charge in [-0.25, -0.2) is 4.79 Å². The van der Waals surface area contributed by atoms with Crippen molar-refractivity contribution < 1.29 is 15.6 Å². The zero-order chi connectivity index (χ0) is 9.47. The number of carboxylic acids is 1. The molecule has 0 radical (unpaired) electrons. The zero-order valence-electron chi connectivity index (χ0n) is 7.23. The van der Waals surface area contributed by atoms with E-state index in [-0.39, 0.29) is 5.92 Å². The molecule has 68 valence electrons. The van der Waals surface area contributed by atoms with Crippen molar-refractivity contribution in [3.63, 3.8) is 0 Å². The maximum atomic E-state index is 10.8. The van der Waals surface area contributed by atoms with Crippen molar-refractivity contribution in [1.29, 1.82) is 0 Å². The molecule has 0 aromatic heterocycles. The van der Waals surface area contributed by atoms with Crippen molar-refractivity contribution in [2.75, 3.05) is 0 Å². The molecule has 4 N–H and O–H groups in total. The zero-order valence-corrected chi connectivity index (χ0v) is 7.23. The largest absolute Gasteiger partial charge is 0.477 e. The van der Waals surface area contributed by atoms with E-state index in [1.165, 1.54) is 0 Å². The lowest BCUT2D eigenvalue weighted by atomic mass is 10.1. The van der Waals surface area contributed by atoms with Gasteiger partial charge in [0.1, 0.15) is 0 Å². The minimum Gasteiger partial charge on any atom is -0.477 e. The van der Waals surface area contributed by atoms with Gasteiger partial charge in [-0.3, -0.25) is 0 Å². The van der Waals surface area contributed by atoms with Gasteiger partial charge in [0.2, 0.25) is 5.54 Å². The number of carboxylic acid groups (broad SMARTS) is 1. The van der Waals surface area contributed by atoms with Gasteiger partial charge in [0, 0.05) is 6.42 Å². The van der Waals surface area contributed by atoms with Gasteiger partial charge in [-0.1, -0.05) is 30.3 Å². The number of aliphatic carboxylic acids is 1. The summed E-state index contributed by atoms with van der Waals surface area (Å²) in [6.07, 6.45) is 0.659. The van der Waals surface area contributed by atoms with Crippen LogP contribution in [-0.2, 0) is 4.79 Å². The molecule has 1 aromatic carbocycles. The highest BCUT2D eigenvalue weighted by Crippen LogP contribution is 2.47. The van der Waals surface area contributed by atoms with Gasteiger partial charge in [0.25, 0.3) is 0 Å². The van der Waals surface area contributed by atoms with Crippen molar-refractivity contribution in [3.05, 3.63) is 35.9 Å². The van der Waals surface area contributed by atoms with E-state index in [1.807, 2.05) is 30.3 Å². The molecular weight excluding hydrogens is 166 g/mol. The molecule has 13 heavy (non-hydrogen) atoms. The highest BCUT2D eigenvalue weighted by molar-refractivity contribution is 5.82. The van der Waals surface area contributed by atoms with Crippen LogP contribution in [0, 0.1) is 0 Å². The van der Waals surface area contributed by atoms with Crippen molar-refractivity contribution >= 4 is 5.97 Å². The summed E-state index contributed by atoms with van der Waals surface area (Å²) in [6, 6.07) is 9.70. The molecule has 0 unspecified atom stereocenters. The van der Waals surface area contributed by atoms with Crippen LogP contribution in [0.25, 0.3) is 0 Å². The second kappa shape index (κ2) is 2.57. The Morgan fingerprint density at radius 3 is 2.54 bits per heavy atom. The van der Waals surface area contributed by atoms with Crippen LogP contribution in [0.3, 0.4) is 0 Å². The Bertz CT molecular complexity index is 336. The third-order valence-corrected chi connectivity index (χ3v) is 2.70. The SMILES string of the molecule is [NH3+][C@@]1(C(=O)O)C[C@H]1c1ccccc1. The second-order valence-corrected chi connectivity index (χ2v) is 3.63. The average molecular weight is 178 g/mol. The third kappa shape index (κ3) is 1.21. The van der Waals surface area contributed by atoms with Crippen LogP contribution in [0.5, 0.6) is 0 Å². The fourth-order valence-electron chi connectivity index (χ4n) is 1.66. The molecule has 2 atom stereocenters. The van der Waals surface area contributed by atoms with Crippen LogP contribution >= 0.6 is 0 Å². The normalized spacial score (nSPS) is 31.3. The Morgan fingerprint density at radius 1 is 1.46 bits per heavy atom. The summed E-state index contributed by atoms with van der Waals surface area (Å²) in [6.45, 7) is 0. The quantitative estimate of drug-likeness (QED) is 0.681. The predicted molar refractivity (Wildman–Crippen MR) is 47.1 cm³/mol. The van der Waals surface area contributed by atoms with Crippen molar-refractivity contribution in [2.45, 2.75) is 17.9 Å². The number of rotatable bonds is 2. The fourth-order valence-corrected chi connectivity index (χ4v) is 1.66. The van der Waals surface area contributed by atoms with Gasteiger partial charge in [0.15, 0.2) is 0 Å². The lowest BCUT2D eigenvalue weighted by Crippen LogP contribution is -2.68. The van der Waals surface area contributed by atoms with Crippen LogP contribution in [0.15, 0.2) is 30.3 Å². The van der Waals surface area contributed by atoms with Crippen molar-refractivity contribution in [1.82, 2.24) is 0 Å². The van der Waals surface area contributed by atoms with Gasteiger partial charge in [-0.15, -0.1) is 0 Å². The number of benzene rings is 1. The van der Waals surface area contributed by atoms with Crippen LogP contribution < -0.4 is 5.73 Å². The average Bonchev–Trinajstić information content (AvgIpc) is 2.81. The topological polar surface area (TPSA) is 64.9 Å². The van der Waals surface area contributed by atoms with E-state index < -0.39 is 11.5 Å². The molecule has 1 aliphatic rings. The maximum absolute atomic E-state index is 10.8. The Labute approximate surface area is 76.2 Å². The Morgan fingerprint density at radius 2 is 2.08 bits per heavy atom. The van der Waals surface area contributed by atoms with Crippen LogP contribution in [-0.4, -0.2) is 16.6 Å². The van der Waals surface area contributed by atoms with Gasteiger partial charge in [-0.05, 0) is 5.56 Å². The summed E-state index contributed by atoms with van der Waals surface area (Å²) in [5.74, 6) is -0.687. The molecule has 0 heterocycles. The first-order valence-electron chi connectivity index (χ1n) is 4.28. The molecule has 1 aromatic rings. The second-order valence-electron chi connectivity index (χ2n) is 3.63. The van der Waals surface area contributed by atoms with Crippen molar-refractivity contribution in [3.8, 4) is 0 Å². The Balaban J connectivity index is 2.21. The molecule has 1 aliphatic carbocycles. The molecule has 1 saturated carbocycles. The van der Waals surface area contributed by atoms with E-state index in [9.17, 15) is 4.79 Å². The standard InChI is InChI=1S/C10H11NO2/c11-10(9(12)13)6-8(10)7-4-2-1-3-5-7/h1-5,8H,6,11H2,(H,12,13)/p+1/t8-,10-/m0/s1. The molecule has 1 fully saturated rings. The first-order valence-corrected chi connectivity index (χ1v) is 4.28. The van der Waals surface area contributed by atoms with E-state index in [0.717, 1.165) is 5.56 Å². The molecule has 0 saturated heterocycles. The summed E-state index contributed by atoms with van der Waals surface area (Å²) in [7, 11) is 0. The smallest absolute Gasteiger partial charge is 0.366 e. The van der Waals surface area contributed by atoms with Gasteiger partial charge in [0.05, 0.1) is 5.92 Å². The molecule has 2 rings (SSSR count). The summed E-state index contributed by atoms with van der Waals surface area (Å²) < 4.78 is 0. The Hall–Kier alpha value is -1.35. The summed E-state index contributed by atoms with van der Waals surface area (Å²) >= 11 is 0. The lowest BCUT2D eigenvalue weighted by molar-refractivity contribution is -0.426. The highest BCUT2D eigenvalue weighted by Gasteiger charge is 2.62. The van der Waals surface area contributed by atoms with E-state index in [1.54, 1.807) is 0 Å². The van der Waals surface area contributed by atoms with Gasteiger partial charge >= 0.3 is 5.97 Å². The number of hydrogen-bond donors (Lipinski definition) is 2. The minimum absolute atomic E-state index is 0.103. The fraction of sp³-hybridized carbons (Fsp3) is 0.300. The predicted octanol–water partition coefficient (Wildman–Crippen LogP) is 0.239. The maximum Gasteiger partial charge on any atom is 0.366 e. The van der Waals surface area contributed by atoms with Crippen LogP contribution in [0.1, 0.15) is 17.9 Å². The third-order valence-electron chi connectivity index (χ3n) is 2.70. The molecule has 0 amide bonds. The summed E-state index contributed by atoms with van der Waals surface area (Å²) in [5, 5.41) is 8.88. The highest BCUT2D eigenvalue weighted by atomic mass is 16.4. The number of quaternary nitrogens is 1. The molecule has 0 spiro atoms. The minimum atomic E-state index is -0.790. The van der Waals surface area contributed by atoms with Crippen LogP contribution in [0.2, 0.25) is 0 Å². The number of hydrogen-bond acceptors (Lipinski definition) is 1. The molecule has 0 aliphatic heterocycles. The molecule has 3 nitrogen and oxygen atoms in total. The van der Waals surface area contributed by atoms with E-state index in [4.69, 9.17) is 5.11 Å². The first kappa shape index (κ1) is 8.26. The lowest BCUT2D eigenvalue weighted by Gasteiger charge is -2.01.